The van der Waals surface area contributed by atoms with Gasteiger partial charge in [-0.25, -0.2) is 9.48 Å². The molecule has 1 aromatic heterocycles. The fraction of sp³-hybridized carbons (Fsp3) is 0.393. The molecule has 0 aliphatic rings. The summed E-state index contributed by atoms with van der Waals surface area (Å²) in [4.78, 5) is 27.7. The molecule has 0 spiro atoms. The molecule has 3 aromatic rings. The van der Waals surface area contributed by atoms with Crippen molar-refractivity contribution >= 4 is 23.4 Å². The van der Waals surface area contributed by atoms with Crippen molar-refractivity contribution in [2.24, 2.45) is 0 Å². The minimum absolute atomic E-state index is 0.0684. The van der Waals surface area contributed by atoms with Crippen molar-refractivity contribution in [3.63, 3.8) is 0 Å². The Morgan fingerprint density at radius 1 is 1.00 bits per heavy atom. The molecule has 36 heavy (non-hydrogen) atoms. The number of urea groups is 1. The van der Waals surface area contributed by atoms with Gasteiger partial charge in [-0.15, -0.1) is 0 Å². The van der Waals surface area contributed by atoms with Crippen LogP contribution in [0, 0.1) is 0 Å². The molecule has 0 radical (unpaired) electrons. The first-order chi connectivity index (χ1) is 17.2. The van der Waals surface area contributed by atoms with Gasteiger partial charge in [0.1, 0.15) is 18.1 Å². The maximum absolute atomic E-state index is 13.2. The fourth-order valence-electron chi connectivity index (χ4n) is 3.64. The lowest BCUT2D eigenvalue weighted by Crippen LogP contribution is -2.41. The summed E-state index contributed by atoms with van der Waals surface area (Å²) >= 11 is 0. The van der Waals surface area contributed by atoms with Gasteiger partial charge in [0.2, 0.25) is 5.91 Å². The van der Waals surface area contributed by atoms with Crippen molar-refractivity contribution in [2.75, 3.05) is 30.8 Å². The van der Waals surface area contributed by atoms with Gasteiger partial charge in [0.05, 0.1) is 18.5 Å². The fourth-order valence-corrected chi connectivity index (χ4v) is 3.64. The molecule has 2 aromatic carbocycles. The van der Waals surface area contributed by atoms with Gasteiger partial charge < -0.3 is 20.3 Å². The van der Waals surface area contributed by atoms with E-state index in [-0.39, 0.29) is 23.9 Å². The van der Waals surface area contributed by atoms with Crippen LogP contribution in [0.2, 0.25) is 0 Å². The number of benzene rings is 2. The van der Waals surface area contributed by atoms with E-state index in [1.807, 2.05) is 60.7 Å². The van der Waals surface area contributed by atoms with E-state index in [1.54, 1.807) is 16.7 Å². The van der Waals surface area contributed by atoms with Crippen molar-refractivity contribution in [3.05, 3.63) is 66.4 Å². The third-order valence-electron chi connectivity index (χ3n) is 5.74. The average Bonchev–Trinajstić information content (AvgIpc) is 3.28. The van der Waals surface area contributed by atoms with Gasteiger partial charge in [-0.3, -0.25) is 4.79 Å². The largest absolute Gasteiger partial charge is 0.497 e. The number of carbonyl (C=O) groups excluding carboxylic acids is 2. The highest BCUT2D eigenvalue weighted by atomic mass is 16.5. The molecular formula is C28H37N5O3. The Bertz CT molecular complexity index is 1130. The lowest BCUT2D eigenvalue weighted by Gasteiger charge is -2.23. The van der Waals surface area contributed by atoms with Crippen molar-refractivity contribution in [2.45, 2.75) is 52.4 Å². The van der Waals surface area contributed by atoms with Crippen LogP contribution in [0.3, 0.4) is 0 Å². The van der Waals surface area contributed by atoms with E-state index in [0.29, 0.717) is 18.1 Å². The number of hydrogen-bond donors (Lipinski definition) is 2. The molecule has 0 fully saturated rings. The Balaban J connectivity index is 1.80. The maximum Gasteiger partial charge on any atom is 0.322 e. The molecule has 3 amide bonds. The second kappa shape index (κ2) is 12.2. The van der Waals surface area contributed by atoms with Crippen molar-refractivity contribution < 1.29 is 14.3 Å². The summed E-state index contributed by atoms with van der Waals surface area (Å²) in [7, 11) is 1.62. The number of para-hydroxylation sites is 1. The predicted molar refractivity (Wildman–Crippen MR) is 144 cm³/mol. The molecule has 8 nitrogen and oxygen atoms in total. The number of hydrogen-bond acceptors (Lipinski definition) is 4. The van der Waals surface area contributed by atoms with Crippen LogP contribution in [0.1, 0.15) is 52.7 Å². The van der Waals surface area contributed by atoms with E-state index in [2.05, 4.69) is 38.3 Å². The van der Waals surface area contributed by atoms with Gasteiger partial charge >= 0.3 is 6.03 Å². The monoisotopic (exact) mass is 491 g/mol. The van der Waals surface area contributed by atoms with E-state index in [4.69, 9.17) is 9.84 Å². The molecule has 3 rings (SSSR count). The second-order valence-corrected chi connectivity index (χ2v) is 9.75. The van der Waals surface area contributed by atoms with E-state index < -0.39 is 0 Å². The normalized spacial score (nSPS) is 11.1. The van der Waals surface area contributed by atoms with Crippen LogP contribution in [0.25, 0.3) is 5.69 Å². The Morgan fingerprint density at radius 3 is 2.31 bits per heavy atom. The first-order valence-corrected chi connectivity index (χ1v) is 12.4. The van der Waals surface area contributed by atoms with E-state index in [9.17, 15) is 9.59 Å². The highest BCUT2D eigenvalue weighted by Crippen LogP contribution is 2.27. The highest BCUT2D eigenvalue weighted by molar-refractivity contribution is 5.96. The third kappa shape index (κ3) is 7.34. The Kier molecular flexibility index (Phi) is 9.11. The molecular weight excluding hydrogens is 454 g/mol. The Labute approximate surface area is 213 Å². The van der Waals surface area contributed by atoms with Gasteiger partial charge in [-0.1, -0.05) is 58.7 Å². The molecule has 192 valence electrons. The summed E-state index contributed by atoms with van der Waals surface area (Å²) < 4.78 is 6.98. The number of anilines is 2. The van der Waals surface area contributed by atoms with Gasteiger partial charge in [-0.2, -0.15) is 5.10 Å². The van der Waals surface area contributed by atoms with Gasteiger partial charge in [0, 0.05) is 23.7 Å². The number of unbranched alkanes of at least 4 members (excludes halogenated alkanes) is 2. The lowest BCUT2D eigenvalue weighted by atomic mass is 9.92. The Morgan fingerprint density at radius 2 is 1.69 bits per heavy atom. The topological polar surface area (TPSA) is 88.5 Å². The van der Waals surface area contributed by atoms with Crippen molar-refractivity contribution in [1.29, 1.82) is 0 Å². The number of nitrogens with zero attached hydrogens (tertiary/aromatic N) is 3. The molecule has 0 atom stereocenters. The first-order valence-electron chi connectivity index (χ1n) is 12.4. The molecule has 2 N–H and O–H groups in total. The van der Waals surface area contributed by atoms with Crippen molar-refractivity contribution in [3.8, 4) is 11.4 Å². The van der Waals surface area contributed by atoms with Crippen LogP contribution in [-0.2, 0) is 10.2 Å². The molecule has 1 heterocycles. The zero-order valence-corrected chi connectivity index (χ0v) is 21.9. The summed E-state index contributed by atoms with van der Waals surface area (Å²) in [5, 5.41) is 10.6. The van der Waals surface area contributed by atoms with Gasteiger partial charge in [0.25, 0.3) is 0 Å². The van der Waals surface area contributed by atoms with Crippen LogP contribution in [-0.4, -0.2) is 46.8 Å². The van der Waals surface area contributed by atoms with Crippen LogP contribution >= 0.6 is 0 Å². The lowest BCUT2D eigenvalue weighted by molar-refractivity contribution is -0.116. The van der Waals surface area contributed by atoms with Crippen LogP contribution < -0.4 is 15.4 Å². The molecule has 0 saturated heterocycles. The van der Waals surface area contributed by atoms with Crippen molar-refractivity contribution in [1.82, 2.24) is 14.7 Å². The van der Waals surface area contributed by atoms with Crippen LogP contribution in [0.5, 0.6) is 5.75 Å². The molecule has 0 unspecified atom stereocenters. The number of methoxy groups -OCH3 is 1. The molecule has 8 heteroatoms. The minimum Gasteiger partial charge on any atom is -0.497 e. The second-order valence-electron chi connectivity index (χ2n) is 9.75. The summed E-state index contributed by atoms with van der Waals surface area (Å²) in [6.45, 7) is 8.74. The highest BCUT2D eigenvalue weighted by Gasteiger charge is 2.23. The van der Waals surface area contributed by atoms with E-state index in [0.717, 1.165) is 36.4 Å². The molecule has 0 aliphatic heterocycles. The minimum atomic E-state index is -0.300. The summed E-state index contributed by atoms with van der Waals surface area (Å²) in [6, 6.07) is 18.3. The summed E-state index contributed by atoms with van der Waals surface area (Å²) in [5.41, 5.74) is 2.12. The number of aromatic nitrogens is 2. The molecule has 0 bridgehead atoms. The number of ether oxygens (including phenoxy) is 1. The van der Waals surface area contributed by atoms with Crippen LogP contribution in [0.4, 0.5) is 16.3 Å². The summed E-state index contributed by atoms with van der Waals surface area (Å²) in [6.07, 6.45) is 2.83. The number of rotatable bonds is 10. The Hall–Kier alpha value is -3.81. The third-order valence-corrected chi connectivity index (χ3v) is 5.74. The quantitative estimate of drug-likeness (QED) is 0.349. The van der Waals surface area contributed by atoms with E-state index >= 15 is 0 Å². The van der Waals surface area contributed by atoms with Gasteiger partial charge in [-0.05, 0) is 42.8 Å². The van der Waals surface area contributed by atoms with Crippen LogP contribution in [0.15, 0.2) is 60.7 Å². The van der Waals surface area contributed by atoms with Gasteiger partial charge in [0.15, 0.2) is 0 Å². The first kappa shape index (κ1) is 26.8. The zero-order chi connectivity index (χ0) is 26.1. The number of nitrogens with one attached hydrogen (secondary N) is 2. The molecule has 0 aliphatic carbocycles. The summed E-state index contributed by atoms with van der Waals surface area (Å²) in [5.74, 6) is 0.997. The SMILES string of the molecule is CCCCCN(CC(=O)Nc1cc(C(C)(C)C)nn1-c1ccc(OC)cc1)C(=O)Nc1ccccc1. The standard InChI is InChI=1S/C28H37N5O3/c1-6-7-11-18-32(27(35)29-21-12-9-8-10-13-21)20-26(34)30-25-19-24(28(2,3)4)31-33(25)22-14-16-23(36-5)17-15-22/h8-10,12-17,19H,6-7,11,18,20H2,1-5H3,(H,29,35)(H,30,34). The number of carbonyl (C=O) groups is 2. The van der Waals surface area contributed by atoms with E-state index in [1.165, 1.54) is 0 Å². The number of amides is 3. The average molecular weight is 492 g/mol. The predicted octanol–water partition coefficient (Wildman–Crippen LogP) is 5.84. The smallest absolute Gasteiger partial charge is 0.322 e. The molecule has 0 saturated carbocycles. The zero-order valence-electron chi connectivity index (χ0n) is 21.9. The maximum atomic E-state index is 13.2.